The number of aromatic nitrogens is 1. The summed E-state index contributed by atoms with van der Waals surface area (Å²) in [6.45, 7) is 1.21. The number of nitrogens with two attached hydrogens (primary N) is 1. The van der Waals surface area contributed by atoms with Crippen LogP contribution < -0.4 is 5.73 Å². The molecule has 1 aliphatic rings. The standard InChI is InChI=1S/C12H19N5O3S/c1-15(2)12(18)16-6-8-17(9-7-16)21(19,20)10-4-3-5-14-11(10)13/h3-5H,6-9H2,1-2H3,(H2,13,14). The molecule has 2 rings (SSSR count). The molecule has 21 heavy (non-hydrogen) atoms. The van der Waals surface area contributed by atoms with Crippen LogP contribution in [0.15, 0.2) is 23.2 Å². The minimum Gasteiger partial charge on any atom is -0.383 e. The lowest BCUT2D eigenvalue weighted by molar-refractivity contribution is 0.149. The van der Waals surface area contributed by atoms with Gasteiger partial charge in [-0.15, -0.1) is 0 Å². The summed E-state index contributed by atoms with van der Waals surface area (Å²) in [7, 11) is -0.331. The quantitative estimate of drug-likeness (QED) is 0.804. The molecule has 2 amide bonds. The third-order valence-electron chi connectivity index (χ3n) is 3.31. The van der Waals surface area contributed by atoms with E-state index in [-0.39, 0.29) is 29.8 Å². The van der Waals surface area contributed by atoms with Crippen LogP contribution in [0.4, 0.5) is 10.6 Å². The van der Waals surface area contributed by atoms with Crippen molar-refractivity contribution in [2.45, 2.75) is 4.90 Å². The fraction of sp³-hybridized carbons (Fsp3) is 0.500. The molecule has 0 radical (unpaired) electrons. The predicted molar refractivity (Wildman–Crippen MR) is 78.1 cm³/mol. The average molecular weight is 313 g/mol. The summed E-state index contributed by atoms with van der Waals surface area (Å²) in [6, 6.07) is 2.86. The Bertz CT molecular complexity index is 624. The molecular formula is C12H19N5O3S. The van der Waals surface area contributed by atoms with E-state index in [1.807, 2.05) is 0 Å². The molecule has 1 aromatic heterocycles. The largest absolute Gasteiger partial charge is 0.383 e. The first-order valence-electron chi connectivity index (χ1n) is 6.51. The minimum atomic E-state index is -3.67. The lowest BCUT2D eigenvalue weighted by Gasteiger charge is -2.35. The molecule has 1 aliphatic heterocycles. The van der Waals surface area contributed by atoms with Crippen LogP contribution in [-0.2, 0) is 10.0 Å². The second-order valence-corrected chi connectivity index (χ2v) is 6.86. The van der Waals surface area contributed by atoms with Gasteiger partial charge >= 0.3 is 6.03 Å². The number of urea groups is 1. The number of nitrogen functional groups attached to an aromatic ring is 1. The number of hydrogen-bond donors (Lipinski definition) is 1. The highest BCUT2D eigenvalue weighted by atomic mass is 32.2. The molecule has 0 spiro atoms. The smallest absolute Gasteiger partial charge is 0.319 e. The third-order valence-corrected chi connectivity index (χ3v) is 5.26. The summed E-state index contributed by atoms with van der Waals surface area (Å²) in [5.41, 5.74) is 5.64. The summed E-state index contributed by atoms with van der Waals surface area (Å²) in [6.07, 6.45) is 1.45. The van der Waals surface area contributed by atoms with Crippen molar-refractivity contribution < 1.29 is 13.2 Å². The molecule has 2 heterocycles. The predicted octanol–water partition coefficient (Wildman–Crippen LogP) is -0.348. The maximum atomic E-state index is 12.5. The van der Waals surface area contributed by atoms with Crippen LogP contribution in [0.25, 0.3) is 0 Å². The van der Waals surface area contributed by atoms with Gasteiger partial charge in [-0.05, 0) is 12.1 Å². The number of anilines is 1. The van der Waals surface area contributed by atoms with E-state index in [4.69, 9.17) is 5.73 Å². The van der Waals surface area contributed by atoms with Crippen molar-refractivity contribution in [1.82, 2.24) is 19.1 Å². The van der Waals surface area contributed by atoms with E-state index in [1.54, 1.807) is 19.0 Å². The van der Waals surface area contributed by atoms with Gasteiger partial charge in [0.1, 0.15) is 10.7 Å². The van der Waals surface area contributed by atoms with Gasteiger partial charge in [-0.25, -0.2) is 18.2 Å². The SMILES string of the molecule is CN(C)C(=O)N1CCN(S(=O)(=O)c2cccnc2N)CC1. The van der Waals surface area contributed by atoms with Crippen LogP contribution in [0.1, 0.15) is 0 Å². The first kappa shape index (κ1) is 15.5. The Balaban J connectivity index is 2.12. The molecule has 0 bridgehead atoms. The van der Waals surface area contributed by atoms with Gasteiger partial charge in [0.2, 0.25) is 10.0 Å². The van der Waals surface area contributed by atoms with Gasteiger partial charge < -0.3 is 15.5 Å². The van der Waals surface area contributed by atoms with Crippen LogP contribution >= 0.6 is 0 Å². The molecule has 2 N–H and O–H groups in total. The summed E-state index contributed by atoms with van der Waals surface area (Å²) in [5.74, 6) is -0.00991. The van der Waals surface area contributed by atoms with Gasteiger partial charge in [0.15, 0.2) is 0 Å². The third kappa shape index (κ3) is 3.08. The normalized spacial score (nSPS) is 16.8. The van der Waals surface area contributed by atoms with Gasteiger partial charge in [0.25, 0.3) is 0 Å². The number of carbonyl (C=O) groups is 1. The Kier molecular flexibility index (Phi) is 4.33. The zero-order valence-corrected chi connectivity index (χ0v) is 12.9. The second-order valence-electron chi connectivity index (χ2n) is 4.95. The molecule has 0 atom stereocenters. The van der Waals surface area contributed by atoms with E-state index < -0.39 is 10.0 Å². The molecule has 116 valence electrons. The Morgan fingerprint density at radius 1 is 1.29 bits per heavy atom. The molecule has 1 aromatic rings. The van der Waals surface area contributed by atoms with E-state index in [1.165, 1.54) is 27.5 Å². The average Bonchev–Trinajstić information content (AvgIpc) is 2.46. The van der Waals surface area contributed by atoms with E-state index >= 15 is 0 Å². The van der Waals surface area contributed by atoms with E-state index in [2.05, 4.69) is 4.98 Å². The fourth-order valence-electron chi connectivity index (χ4n) is 2.16. The van der Waals surface area contributed by atoms with Crippen LogP contribution in [-0.4, -0.2) is 73.8 Å². The van der Waals surface area contributed by atoms with E-state index in [0.29, 0.717) is 13.1 Å². The first-order valence-corrected chi connectivity index (χ1v) is 7.95. The van der Waals surface area contributed by atoms with Crippen LogP contribution in [0, 0.1) is 0 Å². The fourth-order valence-corrected chi connectivity index (χ4v) is 3.65. The summed E-state index contributed by atoms with van der Waals surface area (Å²) >= 11 is 0. The number of sulfonamides is 1. The molecular weight excluding hydrogens is 294 g/mol. The molecule has 9 heteroatoms. The van der Waals surface area contributed by atoms with Gasteiger partial charge in [-0.1, -0.05) is 0 Å². The maximum Gasteiger partial charge on any atom is 0.319 e. The highest BCUT2D eigenvalue weighted by Gasteiger charge is 2.31. The number of rotatable bonds is 2. The maximum absolute atomic E-state index is 12.5. The second kappa shape index (κ2) is 5.86. The van der Waals surface area contributed by atoms with Gasteiger partial charge in [0, 0.05) is 46.5 Å². The number of pyridine rings is 1. The molecule has 1 fully saturated rings. The van der Waals surface area contributed by atoms with Crippen molar-refractivity contribution in [1.29, 1.82) is 0 Å². The molecule has 0 unspecified atom stereocenters. The number of amides is 2. The van der Waals surface area contributed by atoms with Gasteiger partial charge in [-0.2, -0.15) is 4.31 Å². The van der Waals surface area contributed by atoms with Crippen molar-refractivity contribution in [3.05, 3.63) is 18.3 Å². The lowest BCUT2D eigenvalue weighted by Crippen LogP contribution is -2.52. The molecule has 1 saturated heterocycles. The lowest BCUT2D eigenvalue weighted by atomic mass is 10.4. The Morgan fingerprint density at radius 3 is 2.43 bits per heavy atom. The van der Waals surface area contributed by atoms with E-state index in [9.17, 15) is 13.2 Å². The summed E-state index contributed by atoms with van der Waals surface area (Å²) in [4.78, 5) is 18.8. The molecule has 0 aromatic carbocycles. The van der Waals surface area contributed by atoms with Crippen LogP contribution in [0.2, 0.25) is 0 Å². The summed E-state index contributed by atoms with van der Waals surface area (Å²) < 4.78 is 26.4. The highest BCUT2D eigenvalue weighted by Crippen LogP contribution is 2.21. The molecule has 8 nitrogen and oxygen atoms in total. The van der Waals surface area contributed by atoms with Crippen molar-refractivity contribution in [3.8, 4) is 0 Å². The van der Waals surface area contributed by atoms with Crippen molar-refractivity contribution >= 4 is 21.9 Å². The van der Waals surface area contributed by atoms with Gasteiger partial charge in [0.05, 0.1) is 0 Å². The minimum absolute atomic E-state index is 0.00991. The monoisotopic (exact) mass is 313 g/mol. The molecule has 0 aliphatic carbocycles. The number of carbonyl (C=O) groups excluding carboxylic acids is 1. The van der Waals surface area contributed by atoms with E-state index in [0.717, 1.165) is 0 Å². The number of nitrogens with zero attached hydrogens (tertiary/aromatic N) is 4. The van der Waals surface area contributed by atoms with Gasteiger partial charge in [-0.3, -0.25) is 0 Å². The van der Waals surface area contributed by atoms with Crippen LogP contribution in [0.5, 0.6) is 0 Å². The van der Waals surface area contributed by atoms with Crippen LogP contribution in [0.3, 0.4) is 0 Å². The van der Waals surface area contributed by atoms with Crippen molar-refractivity contribution in [2.24, 2.45) is 0 Å². The Labute approximate surface area is 124 Å². The van der Waals surface area contributed by atoms with Crippen molar-refractivity contribution in [2.75, 3.05) is 46.0 Å². The summed E-state index contributed by atoms with van der Waals surface area (Å²) in [5, 5.41) is 0. The van der Waals surface area contributed by atoms with Crippen molar-refractivity contribution in [3.63, 3.8) is 0 Å². The topological polar surface area (TPSA) is 99.8 Å². The zero-order valence-electron chi connectivity index (χ0n) is 12.1. The Morgan fingerprint density at radius 2 is 1.90 bits per heavy atom. The highest BCUT2D eigenvalue weighted by molar-refractivity contribution is 7.89. The number of piperazine rings is 1. The number of hydrogen-bond acceptors (Lipinski definition) is 5. The zero-order chi connectivity index (χ0) is 15.6. The molecule has 0 saturated carbocycles. The first-order chi connectivity index (χ1) is 9.84. The Hall–Kier alpha value is -1.87.